The second-order valence-corrected chi connectivity index (χ2v) is 5.91. The number of piperidine rings is 1. The summed E-state index contributed by atoms with van der Waals surface area (Å²) in [5.74, 6) is 0.411. The number of rotatable bonds is 3. The van der Waals surface area contributed by atoms with Crippen LogP contribution in [-0.4, -0.2) is 29.4 Å². The molecule has 1 aromatic carbocycles. The molecular formula is C14H20BrNO2. The van der Waals surface area contributed by atoms with Crippen molar-refractivity contribution in [2.24, 2.45) is 5.92 Å². The lowest BCUT2D eigenvalue weighted by Gasteiger charge is -2.35. The van der Waals surface area contributed by atoms with Crippen LogP contribution in [0.2, 0.25) is 0 Å². The maximum Gasteiger partial charge on any atom is 0.0702 e. The van der Waals surface area contributed by atoms with Gasteiger partial charge in [0.05, 0.1) is 12.7 Å². The second kappa shape index (κ2) is 6.04. The fraction of sp³-hybridized carbons (Fsp3) is 0.571. The minimum atomic E-state index is -0.214. The molecule has 0 radical (unpaired) electrons. The third kappa shape index (κ3) is 3.05. The van der Waals surface area contributed by atoms with Crippen molar-refractivity contribution in [3.63, 3.8) is 0 Å². The quantitative estimate of drug-likeness (QED) is 0.901. The summed E-state index contributed by atoms with van der Waals surface area (Å²) in [7, 11) is 0. The van der Waals surface area contributed by atoms with E-state index in [1.807, 2.05) is 19.1 Å². The highest BCUT2D eigenvalue weighted by molar-refractivity contribution is 9.10. The van der Waals surface area contributed by atoms with E-state index in [1.165, 1.54) is 0 Å². The van der Waals surface area contributed by atoms with Crippen molar-refractivity contribution in [2.45, 2.75) is 32.5 Å². The lowest BCUT2D eigenvalue weighted by atomic mass is 9.91. The lowest BCUT2D eigenvalue weighted by molar-refractivity contribution is 0.110. The van der Waals surface area contributed by atoms with Gasteiger partial charge in [-0.25, -0.2) is 0 Å². The van der Waals surface area contributed by atoms with Crippen LogP contribution in [0.15, 0.2) is 22.7 Å². The van der Waals surface area contributed by atoms with Crippen LogP contribution in [0.25, 0.3) is 0 Å². The largest absolute Gasteiger partial charge is 0.393 e. The van der Waals surface area contributed by atoms with Gasteiger partial charge in [0.15, 0.2) is 0 Å². The molecule has 1 atom stereocenters. The number of hydrogen-bond acceptors (Lipinski definition) is 3. The highest BCUT2D eigenvalue weighted by Crippen LogP contribution is 2.29. The Morgan fingerprint density at radius 1 is 1.39 bits per heavy atom. The average molecular weight is 314 g/mol. The second-order valence-electron chi connectivity index (χ2n) is 5.00. The number of nitrogens with zero attached hydrogens (tertiary/aromatic N) is 1. The molecule has 0 spiro atoms. The fourth-order valence-corrected chi connectivity index (χ4v) is 3.02. The summed E-state index contributed by atoms with van der Waals surface area (Å²) in [5.41, 5.74) is 2.07. The molecule has 0 aromatic heterocycles. The van der Waals surface area contributed by atoms with Gasteiger partial charge < -0.3 is 15.1 Å². The van der Waals surface area contributed by atoms with E-state index in [0.717, 1.165) is 41.7 Å². The predicted molar refractivity (Wildman–Crippen MR) is 76.7 cm³/mol. The Morgan fingerprint density at radius 3 is 2.61 bits per heavy atom. The van der Waals surface area contributed by atoms with E-state index >= 15 is 0 Å². The van der Waals surface area contributed by atoms with Crippen molar-refractivity contribution in [3.05, 3.63) is 28.2 Å². The van der Waals surface area contributed by atoms with E-state index in [-0.39, 0.29) is 12.7 Å². The summed E-state index contributed by atoms with van der Waals surface area (Å²) < 4.78 is 0.995. The average Bonchev–Trinajstić information content (AvgIpc) is 2.38. The number of benzene rings is 1. The normalized spacial score (nSPS) is 19.0. The first kappa shape index (κ1) is 13.8. The topological polar surface area (TPSA) is 43.7 Å². The Morgan fingerprint density at radius 2 is 2.06 bits per heavy atom. The van der Waals surface area contributed by atoms with Crippen molar-refractivity contribution in [1.82, 2.24) is 0 Å². The molecule has 2 N–H and O–H groups in total. The zero-order valence-corrected chi connectivity index (χ0v) is 12.2. The molecule has 0 saturated carbocycles. The molecule has 1 aliphatic heterocycles. The molecule has 1 aromatic rings. The molecule has 1 fully saturated rings. The van der Waals surface area contributed by atoms with Gasteiger partial charge in [0.2, 0.25) is 0 Å². The van der Waals surface area contributed by atoms with E-state index in [2.05, 4.69) is 26.9 Å². The first-order valence-corrected chi connectivity index (χ1v) is 7.23. The summed E-state index contributed by atoms with van der Waals surface area (Å²) in [4.78, 5) is 2.30. The predicted octanol–water partition coefficient (Wildman–Crippen LogP) is 2.54. The van der Waals surface area contributed by atoms with Crippen molar-refractivity contribution < 1.29 is 10.2 Å². The SMILES string of the molecule is CC(O)C1CCN(c2ccc(Br)cc2CO)CC1. The monoisotopic (exact) mass is 313 g/mol. The van der Waals surface area contributed by atoms with E-state index < -0.39 is 0 Å². The van der Waals surface area contributed by atoms with Crippen molar-refractivity contribution >= 4 is 21.6 Å². The Labute approximate surface area is 117 Å². The van der Waals surface area contributed by atoms with Gasteiger partial charge in [-0.3, -0.25) is 0 Å². The van der Waals surface area contributed by atoms with Crippen LogP contribution in [0, 0.1) is 5.92 Å². The molecule has 1 heterocycles. The summed E-state index contributed by atoms with van der Waals surface area (Å²) in [6, 6.07) is 6.03. The number of halogens is 1. The van der Waals surface area contributed by atoms with Crippen LogP contribution in [-0.2, 0) is 6.61 Å². The molecule has 1 aliphatic rings. The molecule has 0 aliphatic carbocycles. The van der Waals surface area contributed by atoms with Gasteiger partial charge in [0.25, 0.3) is 0 Å². The number of aliphatic hydroxyl groups is 2. The highest BCUT2D eigenvalue weighted by Gasteiger charge is 2.23. The van der Waals surface area contributed by atoms with Gasteiger partial charge in [-0.2, -0.15) is 0 Å². The number of anilines is 1. The highest BCUT2D eigenvalue weighted by atomic mass is 79.9. The number of aliphatic hydroxyl groups excluding tert-OH is 2. The van der Waals surface area contributed by atoms with Gasteiger partial charge >= 0.3 is 0 Å². The minimum absolute atomic E-state index is 0.0606. The van der Waals surface area contributed by atoms with Gasteiger partial charge in [0.1, 0.15) is 0 Å². The third-order valence-corrected chi connectivity index (χ3v) is 4.27. The van der Waals surface area contributed by atoms with E-state index in [9.17, 15) is 10.2 Å². The van der Waals surface area contributed by atoms with E-state index in [4.69, 9.17) is 0 Å². The summed E-state index contributed by atoms with van der Waals surface area (Å²) in [5, 5.41) is 19.0. The van der Waals surface area contributed by atoms with E-state index in [1.54, 1.807) is 0 Å². The van der Waals surface area contributed by atoms with Gasteiger partial charge in [-0.15, -0.1) is 0 Å². The van der Waals surface area contributed by atoms with Crippen LogP contribution in [0.1, 0.15) is 25.3 Å². The minimum Gasteiger partial charge on any atom is -0.393 e. The summed E-state index contributed by atoms with van der Waals surface area (Å²) in [6.45, 7) is 3.83. The Hall–Kier alpha value is -0.580. The molecule has 1 saturated heterocycles. The van der Waals surface area contributed by atoms with Crippen LogP contribution in [0.3, 0.4) is 0 Å². The fourth-order valence-electron chi connectivity index (χ4n) is 2.61. The van der Waals surface area contributed by atoms with Crippen molar-refractivity contribution in [3.8, 4) is 0 Å². The summed E-state index contributed by atoms with van der Waals surface area (Å²) >= 11 is 3.43. The maximum absolute atomic E-state index is 9.61. The lowest BCUT2D eigenvalue weighted by Crippen LogP contribution is -2.37. The Balaban J connectivity index is 2.09. The zero-order valence-electron chi connectivity index (χ0n) is 10.6. The van der Waals surface area contributed by atoms with Gasteiger partial charge in [-0.05, 0) is 43.9 Å². The van der Waals surface area contributed by atoms with Crippen molar-refractivity contribution in [2.75, 3.05) is 18.0 Å². The van der Waals surface area contributed by atoms with Gasteiger partial charge in [0, 0.05) is 28.8 Å². The molecule has 1 unspecified atom stereocenters. The molecule has 4 heteroatoms. The molecule has 2 rings (SSSR count). The molecule has 0 amide bonds. The summed E-state index contributed by atoms with van der Waals surface area (Å²) in [6.07, 6.45) is 1.81. The van der Waals surface area contributed by atoms with Crippen LogP contribution < -0.4 is 4.90 Å². The Bertz CT molecular complexity index is 401. The molecule has 3 nitrogen and oxygen atoms in total. The van der Waals surface area contributed by atoms with Crippen LogP contribution >= 0.6 is 15.9 Å². The molecular weight excluding hydrogens is 294 g/mol. The molecule has 18 heavy (non-hydrogen) atoms. The smallest absolute Gasteiger partial charge is 0.0702 e. The Kier molecular flexibility index (Phi) is 4.65. The number of hydrogen-bond donors (Lipinski definition) is 2. The first-order valence-electron chi connectivity index (χ1n) is 6.44. The van der Waals surface area contributed by atoms with Crippen LogP contribution in [0.5, 0.6) is 0 Å². The third-order valence-electron chi connectivity index (χ3n) is 3.77. The van der Waals surface area contributed by atoms with Crippen LogP contribution in [0.4, 0.5) is 5.69 Å². The van der Waals surface area contributed by atoms with E-state index in [0.29, 0.717) is 5.92 Å². The molecule has 100 valence electrons. The zero-order chi connectivity index (χ0) is 13.1. The van der Waals surface area contributed by atoms with Crippen molar-refractivity contribution in [1.29, 1.82) is 0 Å². The first-order chi connectivity index (χ1) is 8.61. The maximum atomic E-state index is 9.61. The van der Waals surface area contributed by atoms with Gasteiger partial charge in [-0.1, -0.05) is 15.9 Å². The standard InChI is InChI=1S/C14H20BrNO2/c1-10(18)11-4-6-16(7-5-11)14-3-2-13(15)8-12(14)9-17/h2-3,8,10-11,17-18H,4-7,9H2,1H3. The molecule has 0 bridgehead atoms.